The molecule has 0 spiro atoms. The summed E-state index contributed by atoms with van der Waals surface area (Å²) >= 11 is 8.69. The van der Waals surface area contributed by atoms with Gasteiger partial charge in [0.05, 0.1) is 36.8 Å². The second-order valence-corrected chi connectivity index (χ2v) is 17.4. The molecule has 17 nitrogen and oxygen atoms in total. The van der Waals surface area contributed by atoms with E-state index in [9.17, 15) is 13.9 Å². The Kier molecular flexibility index (Phi) is 7.98. The van der Waals surface area contributed by atoms with Gasteiger partial charge in [-0.1, -0.05) is 24.5 Å². The predicted octanol–water partition coefficient (Wildman–Crippen LogP) is 3.11. The topological polar surface area (TPSA) is 227 Å². The van der Waals surface area contributed by atoms with Crippen LogP contribution in [0.3, 0.4) is 0 Å². The number of aromatic amines is 1. The predicted molar refractivity (Wildman–Crippen MR) is 164 cm³/mol. The van der Waals surface area contributed by atoms with E-state index in [0.717, 1.165) is 22.7 Å². The monoisotopic (exact) mass is 743 g/mol. The first-order valence-electron chi connectivity index (χ1n) is 13.1. The Labute approximate surface area is 269 Å². The quantitative estimate of drug-likeness (QED) is 0.147. The van der Waals surface area contributed by atoms with Crippen LogP contribution in [0.4, 0.5) is 24.8 Å². The maximum atomic E-state index is 16.0. The molecule has 9 atom stereocenters. The average Bonchev–Trinajstić information content (AvgIpc) is 3.71. The lowest BCUT2D eigenvalue weighted by Gasteiger charge is -2.27. The van der Waals surface area contributed by atoms with E-state index in [1.165, 1.54) is 23.2 Å². The molecule has 25 heteroatoms. The van der Waals surface area contributed by atoms with Gasteiger partial charge in [-0.05, 0) is 6.07 Å². The smallest absolute Gasteiger partial charge is 0.386 e. The van der Waals surface area contributed by atoms with Gasteiger partial charge < -0.3 is 16.2 Å². The fourth-order valence-electron chi connectivity index (χ4n) is 5.35. The largest absolute Gasteiger partial charge is 0.397 e. The van der Waals surface area contributed by atoms with Crippen LogP contribution in [-0.4, -0.2) is 82.9 Å². The highest BCUT2D eigenvalue weighted by Crippen LogP contribution is 2.63. The Morgan fingerprint density at radius 3 is 2.50 bits per heavy atom. The van der Waals surface area contributed by atoms with Crippen LogP contribution in [0.2, 0.25) is 0 Å². The zero-order chi connectivity index (χ0) is 32.8. The van der Waals surface area contributed by atoms with Gasteiger partial charge >= 0.3 is 19.5 Å². The summed E-state index contributed by atoms with van der Waals surface area (Å²) in [4.78, 5) is 30.8. The first-order chi connectivity index (χ1) is 21.6. The molecule has 7 rings (SSSR count). The molecule has 4 aromatic heterocycles. The minimum atomic E-state index is -4.67. The van der Waals surface area contributed by atoms with Crippen LogP contribution in [0.5, 0.6) is 0 Å². The summed E-state index contributed by atoms with van der Waals surface area (Å²) in [6.45, 7) is -10.8. The number of hydrogen-bond donors (Lipinski definition) is 5. The minimum Gasteiger partial charge on any atom is -0.397 e. The zero-order valence-corrected chi connectivity index (χ0v) is 27.1. The van der Waals surface area contributed by atoms with Gasteiger partial charge in [0.15, 0.2) is 22.9 Å². The number of halogens is 3. The molecule has 3 aliphatic heterocycles. The molecule has 248 valence electrons. The molecule has 0 aromatic carbocycles. The number of thioether (sulfide) groups is 1. The van der Waals surface area contributed by atoms with E-state index in [1.54, 1.807) is 0 Å². The summed E-state index contributed by atoms with van der Waals surface area (Å²) < 4.78 is 104. The second kappa shape index (κ2) is 11.4. The maximum Gasteiger partial charge on any atom is 0.386 e. The van der Waals surface area contributed by atoms with Crippen LogP contribution in [0, 0.1) is 0 Å². The number of fused-ring (bicyclic) bond motifs is 5. The molecular weight excluding hydrogens is 721 g/mol. The number of thiol groups is 2. The van der Waals surface area contributed by atoms with Crippen LogP contribution in [0.25, 0.3) is 22.3 Å². The molecule has 2 bridgehead atoms. The lowest BCUT2D eigenvalue weighted by Crippen LogP contribution is -2.41. The van der Waals surface area contributed by atoms with Crippen molar-refractivity contribution in [1.82, 2.24) is 34.1 Å². The lowest BCUT2D eigenvalue weighted by molar-refractivity contribution is -0.134. The van der Waals surface area contributed by atoms with E-state index in [1.807, 2.05) is 0 Å². The summed E-state index contributed by atoms with van der Waals surface area (Å²) in [7, 11) is 0. The van der Waals surface area contributed by atoms with Gasteiger partial charge in [0, 0.05) is 6.20 Å². The molecule has 3 aliphatic rings. The third kappa shape index (κ3) is 5.53. The Balaban J connectivity index is 1.23. The molecule has 4 aromatic rings. The van der Waals surface area contributed by atoms with Gasteiger partial charge in [-0.2, -0.15) is 13.8 Å². The molecule has 3 fully saturated rings. The van der Waals surface area contributed by atoms with Gasteiger partial charge in [0.2, 0.25) is 12.2 Å². The molecule has 7 heterocycles. The van der Waals surface area contributed by atoms with Gasteiger partial charge in [-0.3, -0.25) is 37.0 Å². The molecular formula is C21H22F3N9O8P2S3. The van der Waals surface area contributed by atoms with Crippen molar-refractivity contribution in [2.24, 2.45) is 0 Å². The number of nitrogens with one attached hydrogen (secondary N) is 1. The summed E-state index contributed by atoms with van der Waals surface area (Å²) in [5.74, 6) is -4.22. The van der Waals surface area contributed by atoms with Gasteiger partial charge in [-0.15, -0.1) is 11.8 Å². The van der Waals surface area contributed by atoms with E-state index < -0.39 is 79.6 Å². The normalized spacial score (nSPS) is 36.7. The molecule has 2 unspecified atom stereocenters. The Bertz CT molecular complexity index is 2000. The SMILES string of the molecule is Nc1nc2c(ncn2[C@@H]2S[C@@H]3COP(=O)(S)O[C@@H]4[C@@H](COP(=O)(S)O[C@@H]2[C@H]3F)O[C@@H](n2cnc3c(N)ccnc32)C4(F)F)c(=O)[nH]1. The first kappa shape index (κ1) is 32.2. The molecule has 5 N–H and O–H groups in total. The fraction of sp³-hybridized carbons (Fsp3) is 0.476. The minimum absolute atomic E-state index is 0.0425. The van der Waals surface area contributed by atoms with Crippen LogP contribution >= 0.6 is 49.9 Å². The third-order valence-electron chi connectivity index (χ3n) is 7.39. The van der Waals surface area contributed by atoms with Crippen molar-refractivity contribution in [3.8, 4) is 0 Å². The van der Waals surface area contributed by atoms with Crippen LogP contribution in [-0.2, 0) is 32.0 Å². The van der Waals surface area contributed by atoms with Crippen molar-refractivity contribution >= 4 is 83.8 Å². The van der Waals surface area contributed by atoms with Gasteiger partial charge in [0.25, 0.3) is 5.56 Å². The van der Waals surface area contributed by atoms with Crippen molar-refractivity contribution in [1.29, 1.82) is 0 Å². The van der Waals surface area contributed by atoms with E-state index in [-0.39, 0.29) is 34.0 Å². The van der Waals surface area contributed by atoms with E-state index in [4.69, 9.17) is 34.3 Å². The van der Waals surface area contributed by atoms with Crippen molar-refractivity contribution in [2.75, 3.05) is 24.7 Å². The number of rotatable bonds is 2. The number of nitrogen functional groups attached to an aromatic ring is 2. The summed E-state index contributed by atoms with van der Waals surface area (Å²) in [6, 6.07) is 1.43. The standard InChI is InChI=1S/C21H22F3N9O8P2S3/c22-10-9-4-38-43(36,45)41-14-8(39-19(21(14,23)24)33-6-28-11-7(25)1-2-27-15(11)33)3-37-42(35,44)40-13(10)18(46-9)32-5-29-12-16(32)30-20(26)31-17(12)34/h1-2,5-6,8-10,13-14,18-19H,3-4H2,(H2,25,27)(H,35,44)(H,36,45)(H3,26,30,31,34)/t8-,9-,10+,13-,14-,18-,19-,42?,43?/m1/s1. The average molecular weight is 744 g/mol. The number of nitrogens with zero attached hydrogens (tertiary/aromatic N) is 6. The highest BCUT2D eigenvalue weighted by atomic mass is 32.7. The highest BCUT2D eigenvalue weighted by Gasteiger charge is 2.63. The number of aromatic nitrogens is 7. The van der Waals surface area contributed by atoms with Crippen molar-refractivity contribution in [2.45, 2.75) is 47.3 Å². The van der Waals surface area contributed by atoms with Crippen molar-refractivity contribution < 1.29 is 45.1 Å². The summed E-state index contributed by atoms with van der Waals surface area (Å²) in [5, 5.41) is -2.34. The number of nitrogens with two attached hydrogens (primary N) is 2. The summed E-state index contributed by atoms with van der Waals surface area (Å²) in [6.07, 6.45) is -6.39. The third-order valence-corrected chi connectivity index (χ3v) is 12.1. The first-order valence-corrected chi connectivity index (χ1v) is 19.4. The van der Waals surface area contributed by atoms with Crippen molar-refractivity contribution in [3.63, 3.8) is 0 Å². The summed E-state index contributed by atoms with van der Waals surface area (Å²) in [5.41, 5.74) is 11.0. The van der Waals surface area contributed by atoms with Gasteiger partial charge in [-0.25, -0.2) is 28.5 Å². The number of alkyl halides is 3. The number of imidazole rings is 2. The molecule has 46 heavy (non-hydrogen) atoms. The fourth-order valence-corrected chi connectivity index (χ4v) is 9.92. The number of pyridine rings is 1. The molecule has 3 saturated heterocycles. The van der Waals surface area contributed by atoms with E-state index in [2.05, 4.69) is 49.4 Å². The van der Waals surface area contributed by atoms with Crippen LogP contribution in [0.1, 0.15) is 11.6 Å². The van der Waals surface area contributed by atoms with E-state index in [0.29, 0.717) is 0 Å². The molecule has 0 aliphatic carbocycles. The van der Waals surface area contributed by atoms with Crippen molar-refractivity contribution in [3.05, 3.63) is 35.3 Å². The zero-order valence-electron chi connectivity index (χ0n) is 22.7. The maximum absolute atomic E-state index is 16.0. The Morgan fingerprint density at radius 1 is 1.02 bits per heavy atom. The highest BCUT2D eigenvalue weighted by molar-refractivity contribution is 8.44. The lowest BCUT2D eigenvalue weighted by atomic mass is 10.1. The molecule has 0 saturated carbocycles. The Morgan fingerprint density at radius 2 is 1.72 bits per heavy atom. The number of hydrogen-bond acceptors (Lipinski definition) is 15. The van der Waals surface area contributed by atoms with Crippen LogP contribution in [0.15, 0.2) is 29.7 Å². The number of anilines is 2. The van der Waals surface area contributed by atoms with Gasteiger partial charge in [0.1, 0.15) is 29.3 Å². The van der Waals surface area contributed by atoms with E-state index >= 15 is 13.2 Å². The molecule has 0 radical (unpaired) electrons. The molecule has 0 amide bonds. The number of H-pyrrole nitrogens is 1. The second-order valence-electron chi connectivity index (χ2n) is 10.3. The number of ether oxygens (including phenoxy) is 1. The Hall–Kier alpha value is -2.33. The van der Waals surface area contributed by atoms with Crippen LogP contribution < -0.4 is 17.0 Å².